The van der Waals surface area contributed by atoms with Crippen LogP contribution in [0.25, 0.3) is 0 Å². The van der Waals surface area contributed by atoms with Crippen molar-refractivity contribution >= 4 is 0 Å². The molecule has 0 bridgehead atoms. The van der Waals surface area contributed by atoms with Crippen molar-refractivity contribution in [3.05, 3.63) is 35.4 Å². The summed E-state index contributed by atoms with van der Waals surface area (Å²) in [5.41, 5.74) is 5.20. The Morgan fingerprint density at radius 3 is 2.36 bits per heavy atom. The minimum atomic E-state index is -1.30. The van der Waals surface area contributed by atoms with Crippen LogP contribution in [-0.2, 0) is 0 Å². The number of benzene rings is 1. The number of rotatable bonds is 3. The lowest BCUT2D eigenvalue weighted by Crippen LogP contribution is -2.27. The lowest BCUT2D eigenvalue weighted by molar-refractivity contribution is 0.0241. The van der Waals surface area contributed by atoms with Crippen molar-refractivity contribution in [2.45, 2.75) is 12.2 Å². The molecule has 2 atom stereocenters. The van der Waals surface area contributed by atoms with Gasteiger partial charge in [0, 0.05) is 6.54 Å². The van der Waals surface area contributed by atoms with Gasteiger partial charge in [-0.15, -0.1) is 0 Å². The van der Waals surface area contributed by atoms with E-state index in [9.17, 15) is 13.9 Å². The molecule has 0 spiro atoms. The van der Waals surface area contributed by atoms with E-state index in [-0.39, 0.29) is 12.1 Å². The van der Waals surface area contributed by atoms with Gasteiger partial charge in [0.1, 0.15) is 6.10 Å². The van der Waals surface area contributed by atoms with Crippen LogP contribution in [0.1, 0.15) is 11.7 Å². The Kier molecular flexibility index (Phi) is 3.51. The molecule has 0 aliphatic heterocycles. The lowest BCUT2D eigenvalue weighted by Gasteiger charge is -2.16. The lowest BCUT2D eigenvalue weighted by atomic mass is 10.0. The normalized spacial score (nSPS) is 15.2. The highest BCUT2D eigenvalue weighted by Gasteiger charge is 2.17. The summed E-state index contributed by atoms with van der Waals surface area (Å²) in [6.45, 7) is -0.153. The molecule has 3 nitrogen and oxygen atoms in total. The molecule has 0 aromatic heterocycles. The first-order valence-electron chi connectivity index (χ1n) is 4.07. The molecule has 0 saturated carbocycles. The van der Waals surface area contributed by atoms with Crippen LogP contribution in [0.15, 0.2) is 18.2 Å². The van der Waals surface area contributed by atoms with Crippen molar-refractivity contribution in [3.8, 4) is 0 Å². The summed E-state index contributed by atoms with van der Waals surface area (Å²) in [4.78, 5) is 0. The zero-order chi connectivity index (χ0) is 10.7. The average molecular weight is 203 g/mol. The third-order valence-corrected chi connectivity index (χ3v) is 1.89. The van der Waals surface area contributed by atoms with Crippen LogP contribution in [0.4, 0.5) is 8.78 Å². The van der Waals surface area contributed by atoms with Crippen LogP contribution in [0, 0.1) is 11.6 Å². The van der Waals surface area contributed by atoms with Crippen molar-refractivity contribution in [2.24, 2.45) is 5.73 Å². The maximum absolute atomic E-state index is 12.7. The van der Waals surface area contributed by atoms with Crippen LogP contribution in [0.5, 0.6) is 0 Å². The molecule has 78 valence electrons. The zero-order valence-corrected chi connectivity index (χ0v) is 7.32. The molecule has 0 aliphatic rings. The van der Waals surface area contributed by atoms with Gasteiger partial charge in [-0.2, -0.15) is 0 Å². The van der Waals surface area contributed by atoms with Gasteiger partial charge >= 0.3 is 0 Å². The van der Waals surface area contributed by atoms with Crippen LogP contribution in [0.2, 0.25) is 0 Å². The van der Waals surface area contributed by atoms with Gasteiger partial charge in [0.05, 0.1) is 6.10 Å². The first-order valence-corrected chi connectivity index (χ1v) is 4.07. The number of hydrogen-bond acceptors (Lipinski definition) is 3. The summed E-state index contributed by atoms with van der Waals surface area (Å²) in [6.07, 6.45) is -2.48. The minimum absolute atomic E-state index is 0.0989. The predicted molar refractivity (Wildman–Crippen MR) is 46.4 cm³/mol. The summed E-state index contributed by atoms with van der Waals surface area (Å²) in [6, 6.07) is 2.91. The van der Waals surface area contributed by atoms with Gasteiger partial charge < -0.3 is 15.9 Å². The Balaban J connectivity index is 2.91. The summed E-state index contributed by atoms with van der Waals surface area (Å²) in [7, 11) is 0. The number of hydrogen-bond donors (Lipinski definition) is 3. The van der Waals surface area contributed by atoms with Crippen molar-refractivity contribution in [2.75, 3.05) is 6.54 Å². The molecule has 14 heavy (non-hydrogen) atoms. The third kappa shape index (κ3) is 2.25. The Morgan fingerprint density at radius 2 is 1.86 bits per heavy atom. The van der Waals surface area contributed by atoms with E-state index in [0.29, 0.717) is 0 Å². The molecule has 1 rings (SSSR count). The molecule has 0 radical (unpaired) electrons. The van der Waals surface area contributed by atoms with Gasteiger partial charge in [-0.05, 0) is 17.7 Å². The molecule has 0 heterocycles. The standard InChI is InChI=1S/C9H11F2NO2/c10-6-2-1-5(3-7(6)11)9(14)8(13)4-12/h1-3,8-9,13-14H,4,12H2. The van der Waals surface area contributed by atoms with Crippen LogP contribution in [-0.4, -0.2) is 22.9 Å². The van der Waals surface area contributed by atoms with Crippen LogP contribution < -0.4 is 5.73 Å². The SMILES string of the molecule is NCC(O)C(O)c1ccc(F)c(F)c1. The molecule has 0 saturated heterocycles. The van der Waals surface area contributed by atoms with Gasteiger partial charge in [-0.1, -0.05) is 6.07 Å². The maximum Gasteiger partial charge on any atom is 0.159 e. The summed E-state index contributed by atoms with van der Waals surface area (Å²) >= 11 is 0. The van der Waals surface area contributed by atoms with E-state index in [2.05, 4.69) is 0 Å². The quantitative estimate of drug-likeness (QED) is 0.662. The second-order valence-corrected chi connectivity index (χ2v) is 2.92. The average Bonchev–Trinajstić information content (AvgIpc) is 2.20. The Hall–Kier alpha value is -1.04. The van der Waals surface area contributed by atoms with Gasteiger partial charge in [0.2, 0.25) is 0 Å². The molecule has 2 unspecified atom stereocenters. The molecular formula is C9H11F2NO2. The van der Waals surface area contributed by atoms with Gasteiger partial charge in [-0.3, -0.25) is 0 Å². The number of halogens is 2. The molecule has 4 N–H and O–H groups in total. The molecule has 1 aromatic carbocycles. The van der Waals surface area contributed by atoms with Gasteiger partial charge in [0.25, 0.3) is 0 Å². The summed E-state index contributed by atoms with van der Waals surface area (Å²) in [5.74, 6) is -2.06. The third-order valence-electron chi connectivity index (χ3n) is 1.89. The first kappa shape index (κ1) is 11.0. The van der Waals surface area contributed by atoms with Crippen molar-refractivity contribution in [3.63, 3.8) is 0 Å². The van der Waals surface area contributed by atoms with E-state index in [1.54, 1.807) is 0 Å². The van der Waals surface area contributed by atoms with Gasteiger partial charge in [0.15, 0.2) is 11.6 Å². The van der Waals surface area contributed by atoms with E-state index in [1.165, 1.54) is 6.07 Å². The van der Waals surface area contributed by atoms with Crippen LogP contribution >= 0.6 is 0 Å². The van der Waals surface area contributed by atoms with E-state index in [0.717, 1.165) is 12.1 Å². The Morgan fingerprint density at radius 1 is 1.21 bits per heavy atom. The largest absolute Gasteiger partial charge is 0.389 e. The molecule has 5 heteroatoms. The van der Waals surface area contributed by atoms with Crippen molar-refractivity contribution < 1.29 is 19.0 Å². The highest BCUT2D eigenvalue weighted by molar-refractivity contribution is 5.20. The highest BCUT2D eigenvalue weighted by Crippen LogP contribution is 2.18. The van der Waals surface area contributed by atoms with E-state index in [1.807, 2.05) is 0 Å². The van der Waals surface area contributed by atoms with Crippen molar-refractivity contribution in [1.29, 1.82) is 0 Å². The predicted octanol–water partition coefficient (Wildman–Crippen LogP) is 0.318. The van der Waals surface area contributed by atoms with E-state index < -0.39 is 23.8 Å². The fraction of sp³-hybridized carbons (Fsp3) is 0.333. The molecule has 0 amide bonds. The monoisotopic (exact) mass is 203 g/mol. The Labute approximate surface area is 79.8 Å². The highest BCUT2D eigenvalue weighted by atomic mass is 19.2. The van der Waals surface area contributed by atoms with Gasteiger partial charge in [-0.25, -0.2) is 8.78 Å². The van der Waals surface area contributed by atoms with Crippen LogP contribution in [0.3, 0.4) is 0 Å². The zero-order valence-electron chi connectivity index (χ0n) is 7.32. The molecular weight excluding hydrogens is 192 g/mol. The number of nitrogens with two attached hydrogens (primary N) is 1. The fourth-order valence-electron chi connectivity index (χ4n) is 1.05. The minimum Gasteiger partial charge on any atom is -0.389 e. The first-order chi connectivity index (χ1) is 6.56. The topological polar surface area (TPSA) is 66.5 Å². The molecule has 0 aliphatic carbocycles. The van der Waals surface area contributed by atoms with Crippen molar-refractivity contribution in [1.82, 2.24) is 0 Å². The van der Waals surface area contributed by atoms with E-state index in [4.69, 9.17) is 10.8 Å². The fourth-order valence-corrected chi connectivity index (χ4v) is 1.05. The smallest absolute Gasteiger partial charge is 0.159 e. The summed E-state index contributed by atoms with van der Waals surface area (Å²) in [5, 5.41) is 18.5. The molecule has 1 aromatic rings. The number of aliphatic hydroxyl groups excluding tert-OH is 2. The molecule has 0 fully saturated rings. The van der Waals surface area contributed by atoms with E-state index >= 15 is 0 Å². The summed E-state index contributed by atoms with van der Waals surface area (Å²) < 4.78 is 25.2. The number of aliphatic hydroxyl groups is 2. The Bertz CT molecular complexity index is 320. The second kappa shape index (κ2) is 4.45. The second-order valence-electron chi connectivity index (χ2n) is 2.92. The maximum atomic E-state index is 12.7.